The van der Waals surface area contributed by atoms with Crippen molar-refractivity contribution in [1.82, 2.24) is 0 Å². The van der Waals surface area contributed by atoms with Crippen LogP contribution in [0.5, 0.6) is 0 Å². The van der Waals surface area contributed by atoms with Gasteiger partial charge in [0, 0.05) is 11.0 Å². The largest absolute Gasteiger partial charge is 0.293 e. The Hall–Kier alpha value is -3.71. The number of hydrogen-bond acceptors (Lipinski definition) is 1. The molecule has 32 heavy (non-hydrogen) atoms. The highest BCUT2D eigenvalue weighted by molar-refractivity contribution is 6.07. The Bertz CT molecular complexity index is 1170. The maximum Gasteiger partial charge on any atom is 0.178 e. The van der Waals surface area contributed by atoms with Crippen molar-refractivity contribution in [3.05, 3.63) is 156 Å². The second kappa shape index (κ2) is 8.43. The first-order chi connectivity index (χ1) is 15.8. The molecule has 0 N–H and O–H groups in total. The van der Waals surface area contributed by atoms with Gasteiger partial charge in [0.05, 0.1) is 5.41 Å². The summed E-state index contributed by atoms with van der Waals surface area (Å²) < 4.78 is 0. The van der Waals surface area contributed by atoms with Crippen LogP contribution in [0.15, 0.2) is 133 Å². The van der Waals surface area contributed by atoms with E-state index >= 15 is 0 Å². The van der Waals surface area contributed by atoms with E-state index in [2.05, 4.69) is 72.8 Å². The topological polar surface area (TPSA) is 17.1 Å². The predicted molar refractivity (Wildman–Crippen MR) is 131 cm³/mol. The Balaban J connectivity index is 1.91. The molecule has 1 atom stereocenters. The Labute approximate surface area is 190 Å². The molecule has 0 fully saturated rings. The Kier molecular flexibility index (Phi) is 5.33. The van der Waals surface area contributed by atoms with E-state index in [1.807, 2.05) is 60.7 Å². The number of carbonyl (C=O) groups excluding carboxylic acids is 1. The second-order valence-electron chi connectivity index (χ2n) is 8.45. The zero-order valence-corrected chi connectivity index (χ0v) is 18.0. The highest BCUT2D eigenvalue weighted by Gasteiger charge is 2.58. The van der Waals surface area contributed by atoms with Crippen LogP contribution in [0.4, 0.5) is 0 Å². The fraction of sp³-hybridized carbons (Fsp3) is 0.129. The van der Waals surface area contributed by atoms with Gasteiger partial charge in [-0.05, 0) is 29.5 Å². The van der Waals surface area contributed by atoms with Crippen LogP contribution in [0.3, 0.4) is 0 Å². The molecule has 1 heteroatoms. The van der Waals surface area contributed by atoms with Crippen molar-refractivity contribution in [2.75, 3.05) is 0 Å². The molecule has 1 aliphatic rings. The zero-order chi connectivity index (χ0) is 21.9. The average Bonchev–Trinajstić information content (AvgIpc) is 2.90. The molecule has 1 nitrogen and oxygen atoms in total. The lowest BCUT2D eigenvalue weighted by Gasteiger charge is -2.51. The summed E-state index contributed by atoms with van der Waals surface area (Å²) in [6.07, 6.45) is 6.14. The maximum atomic E-state index is 14.6. The molecular weight excluding hydrogens is 388 g/mol. The SMILES string of the molecule is O=C(c1ccccc1)C1(c2ccccc2)C=CCCC1(c1ccccc1)c1ccccc1. The molecule has 0 aromatic heterocycles. The third-order valence-corrected chi connectivity index (χ3v) is 6.88. The molecule has 4 aromatic rings. The van der Waals surface area contributed by atoms with Crippen LogP contribution in [0, 0.1) is 0 Å². The van der Waals surface area contributed by atoms with Gasteiger partial charge in [-0.3, -0.25) is 4.79 Å². The molecule has 1 aliphatic carbocycles. The van der Waals surface area contributed by atoms with Crippen molar-refractivity contribution >= 4 is 5.78 Å². The Morgan fingerprint density at radius 3 is 1.50 bits per heavy atom. The van der Waals surface area contributed by atoms with E-state index in [0.29, 0.717) is 0 Å². The molecule has 0 spiro atoms. The molecule has 0 bridgehead atoms. The van der Waals surface area contributed by atoms with E-state index in [9.17, 15) is 4.79 Å². The fourth-order valence-electron chi connectivity index (χ4n) is 5.52. The smallest absolute Gasteiger partial charge is 0.178 e. The lowest BCUT2D eigenvalue weighted by molar-refractivity contribution is 0.0847. The first-order valence-electron chi connectivity index (χ1n) is 11.2. The standard InChI is InChI=1S/C31H26O/c32-29(25-15-5-1-6-16-25)31(28-21-11-4-12-22-28)24-14-13-23-30(31,26-17-7-2-8-18-26)27-19-9-3-10-20-27/h1-12,14-22,24H,13,23H2. The van der Waals surface area contributed by atoms with Crippen molar-refractivity contribution in [2.45, 2.75) is 23.7 Å². The summed E-state index contributed by atoms with van der Waals surface area (Å²) in [4.78, 5) is 14.6. The summed E-state index contributed by atoms with van der Waals surface area (Å²) in [5, 5.41) is 0. The lowest BCUT2D eigenvalue weighted by atomic mass is 9.48. The average molecular weight is 415 g/mol. The van der Waals surface area contributed by atoms with Gasteiger partial charge in [-0.15, -0.1) is 0 Å². The highest BCUT2D eigenvalue weighted by Crippen LogP contribution is 2.56. The molecule has 0 aliphatic heterocycles. The minimum absolute atomic E-state index is 0.132. The van der Waals surface area contributed by atoms with E-state index in [1.165, 1.54) is 11.1 Å². The lowest BCUT2D eigenvalue weighted by Crippen LogP contribution is -2.55. The third-order valence-electron chi connectivity index (χ3n) is 6.88. The summed E-state index contributed by atoms with van der Waals surface area (Å²) in [6, 6.07) is 41.2. The van der Waals surface area contributed by atoms with Crippen LogP contribution in [-0.2, 0) is 10.8 Å². The molecule has 0 amide bonds. The van der Waals surface area contributed by atoms with E-state index in [1.54, 1.807) is 0 Å². The second-order valence-corrected chi connectivity index (χ2v) is 8.45. The van der Waals surface area contributed by atoms with Gasteiger partial charge in [0.25, 0.3) is 0 Å². The molecule has 0 saturated heterocycles. The molecule has 4 aromatic carbocycles. The molecule has 0 radical (unpaired) electrons. The first kappa shape index (κ1) is 20.2. The number of allylic oxidation sites excluding steroid dienone is 2. The molecular formula is C31H26O. The Morgan fingerprint density at radius 2 is 1.00 bits per heavy atom. The zero-order valence-electron chi connectivity index (χ0n) is 18.0. The minimum Gasteiger partial charge on any atom is -0.293 e. The van der Waals surface area contributed by atoms with Crippen LogP contribution >= 0.6 is 0 Å². The number of ketones is 1. The number of rotatable bonds is 5. The van der Waals surface area contributed by atoms with Gasteiger partial charge in [-0.1, -0.05) is 133 Å². The fourth-order valence-corrected chi connectivity index (χ4v) is 5.52. The van der Waals surface area contributed by atoms with Crippen LogP contribution in [-0.4, -0.2) is 5.78 Å². The normalized spacial score (nSPS) is 19.4. The number of benzene rings is 4. The van der Waals surface area contributed by atoms with E-state index < -0.39 is 10.8 Å². The summed E-state index contributed by atoms with van der Waals surface area (Å²) in [5.74, 6) is 0.132. The van der Waals surface area contributed by atoms with Crippen LogP contribution in [0.2, 0.25) is 0 Å². The number of carbonyl (C=O) groups is 1. The van der Waals surface area contributed by atoms with Crippen molar-refractivity contribution < 1.29 is 4.79 Å². The van der Waals surface area contributed by atoms with Crippen molar-refractivity contribution in [2.24, 2.45) is 0 Å². The molecule has 1 unspecified atom stereocenters. The predicted octanol–water partition coefficient (Wildman–Crippen LogP) is 7.14. The first-order valence-corrected chi connectivity index (χ1v) is 11.2. The van der Waals surface area contributed by atoms with Crippen LogP contribution < -0.4 is 0 Å². The monoisotopic (exact) mass is 414 g/mol. The summed E-state index contributed by atoms with van der Waals surface area (Å²) in [6.45, 7) is 0. The van der Waals surface area contributed by atoms with Gasteiger partial charge >= 0.3 is 0 Å². The molecule has 156 valence electrons. The summed E-state index contributed by atoms with van der Waals surface area (Å²) >= 11 is 0. The molecule has 5 rings (SSSR count). The van der Waals surface area contributed by atoms with Gasteiger partial charge in [0.2, 0.25) is 0 Å². The van der Waals surface area contributed by atoms with Gasteiger partial charge in [0.1, 0.15) is 0 Å². The number of Topliss-reactive ketones (excluding diaryl/α,β-unsaturated/α-hetero) is 1. The van der Waals surface area contributed by atoms with Gasteiger partial charge < -0.3 is 0 Å². The third kappa shape index (κ3) is 3.05. The molecule has 0 heterocycles. The van der Waals surface area contributed by atoms with Gasteiger partial charge in [-0.2, -0.15) is 0 Å². The van der Waals surface area contributed by atoms with E-state index in [4.69, 9.17) is 0 Å². The number of hydrogen-bond donors (Lipinski definition) is 0. The van der Waals surface area contributed by atoms with Crippen molar-refractivity contribution in [3.8, 4) is 0 Å². The summed E-state index contributed by atoms with van der Waals surface area (Å²) in [7, 11) is 0. The summed E-state index contributed by atoms with van der Waals surface area (Å²) in [5.41, 5.74) is 2.71. The quantitative estimate of drug-likeness (QED) is 0.250. The van der Waals surface area contributed by atoms with Crippen molar-refractivity contribution in [3.63, 3.8) is 0 Å². The van der Waals surface area contributed by atoms with E-state index in [0.717, 1.165) is 24.0 Å². The Morgan fingerprint density at radius 1 is 0.562 bits per heavy atom. The maximum absolute atomic E-state index is 14.6. The highest BCUT2D eigenvalue weighted by atomic mass is 16.1. The van der Waals surface area contributed by atoms with Crippen LogP contribution in [0.25, 0.3) is 0 Å². The van der Waals surface area contributed by atoms with Crippen LogP contribution in [0.1, 0.15) is 39.9 Å². The minimum atomic E-state index is -0.865. The van der Waals surface area contributed by atoms with Crippen molar-refractivity contribution in [1.29, 1.82) is 0 Å². The molecule has 0 saturated carbocycles. The van der Waals surface area contributed by atoms with Gasteiger partial charge in [0.15, 0.2) is 5.78 Å². The van der Waals surface area contributed by atoms with Gasteiger partial charge in [-0.25, -0.2) is 0 Å². The van der Waals surface area contributed by atoms with E-state index in [-0.39, 0.29) is 5.78 Å².